The highest BCUT2D eigenvalue weighted by molar-refractivity contribution is 9.10. The molecule has 1 aliphatic heterocycles. The van der Waals surface area contributed by atoms with Gasteiger partial charge in [-0.3, -0.25) is 4.98 Å². The first-order valence-corrected chi connectivity index (χ1v) is 12.2. The summed E-state index contributed by atoms with van der Waals surface area (Å²) in [5.41, 5.74) is 6.57. The highest BCUT2D eigenvalue weighted by Crippen LogP contribution is 2.44. The topological polar surface area (TPSA) is 33.1 Å². The molecule has 0 radical (unpaired) electrons. The smallest absolute Gasteiger partial charge is 0.174 e. The first-order valence-electron chi connectivity index (χ1n) is 10.7. The van der Waals surface area contributed by atoms with Gasteiger partial charge in [0.2, 0.25) is 0 Å². The molecule has 1 fully saturated rings. The summed E-state index contributed by atoms with van der Waals surface area (Å²) < 4.78 is 3.34. The van der Waals surface area contributed by atoms with Crippen LogP contribution in [0.5, 0.6) is 0 Å². The van der Waals surface area contributed by atoms with Crippen molar-refractivity contribution < 1.29 is 0 Å². The summed E-state index contributed by atoms with van der Waals surface area (Å²) in [6.45, 7) is 4.30. The quantitative estimate of drug-likeness (QED) is 0.282. The molecule has 2 atom stereocenters. The molecule has 2 aromatic carbocycles. The minimum absolute atomic E-state index is 0.0731. The molecule has 0 amide bonds. The third-order valence-corrected chi connectivity index (χ3v) is 7.32. The van der Waals surface area contributed by atoms with Crippen molar-refractivity contribution in [1.29, 1.82) is 0 Å². The lowest BCUT2D eigenvalue weighted by atomic mass is 9.96. The fourth-order valence-electron chi connectivity index (χ4n) is 4.64. The molecular weight excluding hydrogens is 516 g/mol. The Morgan fingerprint density at radius 1 is 1.00 bits per heavy atom. The second-order valence-corrected chi connectivity index (χ2v) is 9.76. The van der Waals surface area contributed by atoms with Crippen molar-refractivity contribution in [3.05, 3.63) is 111 Å². The van der Waals surface area contributed by atoms with Gasteiger partial charge in [0.25, 0.3) is 0 Å². The predicted octanol–water partition coefficient (Wildman–Crippen LogP) is 7.08. The maximum absolute atomic E-state index is 6.18. The van der Waals surface area contributed by atoms with Crippen molar-refractivity contribution in [3.8, 4) is 5.69 Å². The van der Waals surface area contributed by atoms with Gasteiger partial charge in [0, 0.05) is 32.8 Å². The first kappa shape index (κ1) is 22.1. The lowest BCUT2D eigenvalue weighted by molar-refractivity contribution is 0.565. The maximum Gasteiger partial charge on any atom is 0.174 e. The van der Waals surface area contributed by atoms with E-state index in [2.05, 4.69) is 73.8 Å². The number of nitrogens with one attached hydrogen (secondary N) is 1. The van der Waals surface area contributed by atoms with Crippen LogP contribution in [0.3, 0.4) is 0 Å². The molecule has 1 N–H and O–H groups in total. The van der Waals surface area contributed by atoms with E-state index < -0.39 is 0 Å². The average molecular weight is 538 g/mol. The van der Waals surface area contributed by atoms with E-state index in [0.29, 0.717) is 10.1 Å². The molecule has 3 heterocycles. The van der Waals surface area contributed by atoms with Crippen LogP contribution in [0.2, 0.25) is 5.02 Å². The zero-order chi connectivity index (χ0) is 23.1. The van der Waals surface area contributed by atoms with E-state index in [9.17, 15) is 0 Å². The number of para-hydroxylation sites is 1. The van der Waals surface area contributed by atoms with Gasteiger partial charge in [0.1, 0.15) is 0 Å². The van der Waals surface area contributed by atoms with E-state index in [0.717, 1.165) is 32.9 Å². The number of pyridine rings is 1. The molecule has 2 aromatic heterocycles. The lowest BCUT2D eigenvalue weighted by Gasteiger charge is -2.28. The molecule has 0 unspecified atom stereocenters. The van der Waals surface area contributed by atoms with Crippen LogP contribution in [0.4, 0.5) is 5.69 Å². The van der Waals surface area contributed by atoms with Crippen LogP contribution in [-0.2, 0) is 0 Å². The van der Waals surface area contributed by atoms with Crippen molar-refractivity contribution in [1.82, 2.24) is 14.9 Å². The lowest BCUT2D eigenvalue weighted by Crippen LogP contribution is -2.29. The van der Waals surface area contributed by atoms with Crippen LogP contribution < -0.4 is 10.2 Å². The molecule has 4 aromatic rings. The van der Waals surface area contributed by atoms with Crippen LogP contribution in [0.25, 0.3) is 5.69 Å². The molecular formula is C26H22BrClN4S. The van der Waals surface area contributed by atoms with Gasteiger partial charge in [0.05, 0.1) is 23.5 Å². The van der Waals surface area contributed by atoms with Crippen LogP contribution in [-0.4, -0.2) is 14.7 Å². The number of aromatic nitrogens is 2. The third-order valence-electron chi connectivity index (χ3n) is 6.09. The van der Waals surface area contributed by atoms with Gasteiger partial charge >= 0.3 is 0 Å². The number of thiocarbonyl (C=S) groups is 1. The number of hydrogen-bond acceptors (Lipinski definition) is 2. The first-order chi connectivity index (χ1) is 16.0. The summed E-state index contributed by atoms with van der Waals surface area (Å²) in [7, 11) is 0. The van der Waals surface area contributed by atoms with E-state index in [-0.39, 0.29) is 12.1 Å². The fourth-order valence-corrected chi connectivity index (χ4v) is 5.58. The molecule has 4 nitrogen and oxygen atoms in total. The van der Waals surface area contributed by atoms with Gasteiger partial charge in [-0.25, -0.2) is 0 Å². The molecule has 1 aliphatic rings. The molecule has 0 bridgehead atoms. The van der Waals surface area contributed by atoms with Gasteiger partial charge in [-0.2, -0.15) is 0 Å². The van der Waals surface area contributed by atoms with E-state index in [1.54, 1.807) is 0 Å². The predicted molar refractivity (Wildman–Crippen MR) is 142 cm³/mol. The SMILES string of the molecule is Cc1cc([C@@H]2[C@H](c3ccccn3)NC(=S)N2c2ccc(Cl)cc2)c(C)n1-c1ccccc1Br. The normalized spacial score (nSPS) is 17.9. The summed E-state index contributed by atoms with van der Waals surface area (Å²) in [4.78, 5) is 6.84. The van der Waals surface area contributed by atoms with E-state index in [4.69, 9.17) is 23.8 Å². The monoisotopic (exact) mass is 536 g/mol. The average Bonchev–Trinajstić information content (AvgIpc) is 3.31. The Bertz CT molecular complexity index is 1320. The molecule has 5 rings (SSSR count). The number of aryl methyl sites for hydroxylation is 1. The summed E-state index contributed by atoms with van der Waals surface area (Å²) in [5, 5.41) is 4.90. The third kappa shape index (κ3) is 3.97. The van der Waals surface area contributed by atoms with Crippen molar-refractivity contribution in [2.24, 2.45) is 0 Å². The van der Waals surface area contributed by atoms with Gasteiger partial charge in [0.15, 0.2) is 5.11 Å². The Morgan fingerprint density at radius 2 is 1.73 bits per heavy atom. The number of nitrogens with zero attached hydrogens (tertiary/aromatic N) is 3. The highest BCUT2D eigenvalue weighted by atomic mass is 79.9. The number of hydrogen-bond donors (Lipinski definition) is 1. The van der Waals surface area contributed by atoms with Gasteiger partial charge in [-0.05, 0) is 102 Å². The highest BCUT2D eigenvalue weighted by Gasteiger charge is 2.42. The fraction of sp³-hybridized carbons (Fsp3) is 0.154. The summed E-state index contributed by atoms with van der Waals surface area (Å²) >= 11 is 15.7. The van der Waals surface area contributed by atoms with Gasteiger partial charge < -0.3 is 14.8 Å². The Morgan fingerprint density at radius 3 is 2.42 bits per heavy atom. The van der Waals surface area contributed by atoms with Crippen LogP contribution in [0.15, 0.2) is 83.5 Å². The zero-order valence-corrected chi connectivity index (χ0v) is 21.3. The largest absolute Gasteiger partial charge is 0.351 e. The molecule has 7 heteroatoms. The van der Waals surface area contributed by atoms with E-state index in [1.807, 2.05) is 54.7 Å². The number of halogens is 2. The van der Waals surface area contributed by atoms with Crippen molar-refractivity contribution in [2.45, 2.75) is 25.9 Å². The zero-order valence-electron chi connectivity index (χ0n) is 18.2. The second kappa shape index (κ2) is 8.93. The van der Waals surface area contributed by atoms with Crippen molar-refractivity contribution >= 4 is 50.5 Å². The molecule has 0 spiro atoms. The minimum Gasteiger partial charge on any atom is -0.351 e. The number of anilines is 1. The Labute approximate surface area is 212 Å². The van der Waals surface area contributed by atoms with E-state index >= 15 is 0 Å². The Hall–Kier alpha value is -2.67. The molecule has 0 aliphatic carbocycles. The van der Waals surface area contributed by atoms with E-state index in [1.165, 1.54) is 5.56 Å². The molecule has 0 saturated carbocycles. The number of benzene rings is 2. The second-order valence-electron chi connectivity index (χ2n) is 8.09. The minimum atomic E-state index is -0.0949. The Kier molecular flexibility index (Phi) is 5.99. The maximum atomic E-state index is 6.18. The van der Waals surface area contributed by atoms with Crippen LogP contribution in [0, 0.1) is 13.8 Å². The standard InChI is InChI=1S/C26H22BrClN4S/c1-16-15-20(17(2)31(16)23-9-4-3-7-21(23)27)25-24(22-8-5-6-14-29-22)30-26(33)32(25)19-12-10-18(28)11-13-19/h3-15,24-25H,1-2H3,(H,30,33)/t24-,25+/m0/s1. The number of rotatable bonds is 4. The van der Waals surface area contributed by atoms with Gasteiger partial charge in [-0.1, -0.05) is 29.8 Å². The van der Waals surface area contributed by atoms with Crippen molar-refractivity contribution in [2.75, 3.05) is 4.90 Å². The summed E-state index contributed by atoms with van der Waals surface area (Å²) in [6.07, 6.45) is 1.83. The van der Waals surface area contributed by atoms with Crippen LogP contribution in [0.1, 0.15) is 34.7 Å². The summed E-state index contributed by atoms with van der Waals surface area (Å²) in [5.74, 6) is 0. The summed E-state index contributed by atoms with van der Waals surface area (Å²) in [6, 6.07) is 24.2. The van der Waals surface area contributed by atoms with Crippen LogP contribution >= 0.6 is 39.7 Å². The Balaban J connectivity index is 1.69. The molecule has 1 saturated heterocycles. The van der Waals surface area contributed by atoms with Gasteiger partial charge in [-0.15, -0.1) is 0 Å². The molecule has 33 heavy (non-hydrogen) atoms. The molecule has 166 valence electrons. The van der Waals surface area contributed by atoms with Crippen molar-refractivity contribution in [3.63, 3.8) is 0 Å².